The fraction of sp³-hybridized carbons (Fsp3) is 0.211. The summed E-state index contributed by atoms with van der Waals surface area (Å²) in [6, 6.07) is 11.2. The average molecular weight is 386 g/mol. The number of rotatable bonds is 5. The van der Waals surface area contributed by atoms with Crippen molar-refractivity contribution in [2.75, 3.05) is 6.26 Å². The summed E-state index contributed by atoms with van der Waals surface area (Å²) in [6.07, 6.45) is 2.75. The number of aromatic nitrogens is 2. The number of hydrogen-bond acceptors (Lipinski definition) is 6. The van der Waals surface area contributed by atoms with Crippen molar-refractivity contribution in [2.45, 2.75) is 19.3 Å². The average Bonchev–Trinajstić information content (AvgIpc) is 2.59. The van der Waals surface area contributed by atoms with Gasteiger partial charge >= 0.3 is 5.97 Å². The lowest BCUT2D eigenvalue weighted by molar-refractivity contribution is 0.0467. The molecule has 3 aromatic rings. The van der Waals surface area contributed by atoms with Crippen molar-refractivity contribution in [3.05, 3.63) is 81.4 Å². The number of hydrogen-bond donors (Lipinski definition) is 0. The van der Waals surface area contributed by atoms with E-state index in [2.05, 4.69) is 4.98 Å². The molecule has 140 valence electrons. The molecular formula is C19H18N2O5S. The van der Waals surface area contributed by atoms with Gasteiger partial charge < -0.3 is 4.74 Å². The van der Waals surface area contributed by atoms with Crippen LogP contribution < -0.4 is 5.56 Å². The number of aryl methyl sites for hydroxylation is 1. The fourth-order valence-corrected chi connectivity index (χ4v) is 3.48. The van der Waals surface area contributed by atoms with Crippen LogP contribution in [-0.4, -0.2) is 30.0 Å². The van der Waals surface area contributed by atoms with E-state index in [4.69, 9.17) is 4.74 Å². The molecule has 0 aliphatic carbocycles. The van der Waals surface area contributed by atoms with Gasteiger partial charge in [0.15, 0.2) is 9.84 Å². The van der Waals surface area contributed by atoms with Crippen molar-refractivity contribution in [1.29, 1.82) is 0 Å². The highest BCUT2D eigenvalue weighted by Crippen LogP contribution is 2.11. The molecule has 0 fully saturated rings. The highest BCUT2D eigenvalue weighted by molar-refractivity contribution is 7.89. The predicted molar refractivity (Wildman–Crippen MR) is 100 cm³/mol. The molecule has 0 amide bonds. The number of carbonyl (C=O) groups excluding carboxylic acids is 1. The second kappa shape index (κ2) is 7.32. The SMILES string of the molecule is Cc1cccn2c(=O)cc(COC(=O)c3cccc(CS(C)(=O)=O)c3)nc12. The van der Waals surface area contributed by atoms with Crippen LogP contribution in [0.4, 0.5) is 0 Å². The summed E-state index contributed by atoms with van der Waals surface area (Å²) in [6.45, 7) is 1.68. The largest absolute Gasteiger partial charge is 0.456 e. The smallest absolute Gasteiger partial charge is 0.338 e. The van der Waals surface area contributed by atoms with Crippen LogP contribution in [0, 0.1) is 6.92 Å². The first-order valence-corrected chi connectivity index (χ1v) is 10.2. The van der Waals surface area contributed by atoms with E-state index in [-0.39, 0.29) is 23.5 Å². The van der Waals surface area contributed by atoms with Gasteiger partial charge in [0.1, 0.15) is 12.3 Å². The van der Waals surface area contributed by atoms with Crippen LogP contribution in [0.25, 0.3) is 5.65 Å². The summed E-state index contributed by atoms with van der Waals surface area (Å²) in [5.41, 5.74) is 2.16. The zero-order valence-corrected chi connectivity index (χ0v) is 15.7. The Labute approximate surface area is 156 Å². The van der Waals surface area contributed by atoms with Crippen molar-refractivity contribution in [1.82, 2.24) is 9.38 Å². The minimum atomic E-state index is -3.20. The van der Waals surface area contributed by atoms with Crippen LogP contribution in [0.2, 0.25) is 0 Å². The topological polar surface area (TPSA) is 94.8 Å². The summed E-state index contributed by atoms with van der Waals surface area (Å²) in [4.78, 5) is 28.8. The molecule has 2 heterocycles. The molecular weight excluding hydrogens is 368 g/mol. The maximum atomic E-state index is 12.3. The zero-order chi connectivity index (χ0) is 19.6. The van der Waals surface area contributed by atoms with E-state index in [0.717, 1.165) is 11.8 Å². The first-order valence-electron chi connectivity index (χ1n) is 8.15. The first kappa shape index (κ1) is 18.8. The number of benzene rings is 1. The van der Waals surface area contributed by atoms with Gasteiger partial charge in [0.05, 0.1) is 17.0 Å². The van der Waals surface area contributed by atoms with Gasteiger partial charge in [0, 0.05) is 18.5 Å². The van der Waals surface area contributed by atoms with Gasteiger partial charge in [-0.05, 0) is 36.2 Å². The number of nitrogens with zero attached hydrogens (tertiary/aromatic N) is 2. The molecule has 0 aliphatic rings. The summed E-state index contributed by atoms with van der Waals surface area (Å²) in [5.74, 6) is -0.770. The first-order chi connectivity index (χ1) is 12.7. The van der Waals surface area contributed by atoms with Crippen LogP contribution in [0.15, 0.2) is 53.5 Å². The van der Waals surface area contributed by atoms with Crippen molar-refractivity contribution < 1.29 is 17.9 Å². The van der Waals surface area contributed by atoms with Crippen LogP contribution in [0.1, 0.15) is 27.2 Å². The molecule has 0 unspecified atom stereocenters. The molecule has 0 N–H and O–H groups in total. The van der Waals surface area contributed by atoms with E-state index >= 15 is 0 Å². The third-order valence-corrected chi connectivity index (χ3v) is 4.74. The number of pyridine rings is 1. The summed E-state index contributed by atoms with van der Waals surface area (Å²) >= 11 is 0. The quantitative estimate of drug-likeness (QED) is 0.622. The minimum absolute atomic E-state index is 0.156. The number of carbonyl (C=O) groups is 1. The van der Waals surface area contributed by atoms with Gasteiger partial charge in [-0.1, -0.05) is 18.2 Å². The maximum absolute atomic E-state index is 12.3. The van der Waals surface area contributed by atoms with E-state index in [0.29, 0.717) is 16.9 Å². The number of esters is 1. The third-order valence-electron chi connectivity index (χ3n) is 3.88. The Hall–Kier alpha value is -3.00. The van der Waals surface area contributed by atoms with Crippen molar-refractivity contribution >= 4 is 21.5 Å². The second-order valence-electron chi connectivity index (χ2n) is 6.32. The number of ether oxygens (including phenoxy) is 1. The Morgan fingerprint density at radius 1 is 1.19 bits per heavy atom. The molecule has 0 saturated carbocycles. The van der Waals surface area contributed by atoms with Crippen molar-refractivity contribution in [3.8, 4) is 0 Å². The van der Waals surface area contributed by atoms with Crippen molar-refractivity contribution in [3.63, 3.8) is 0 Å². The molecule has 0 saturated heterocycles. The maximum Gasteiger partial charge on any atom is 0.338 e. The molecule has 8 heteroatoms. The Morgan fingerprint density at radius 2 is 1.96 bits per heavy atom. The van der Waals surface area contributed by atoms with Crippen LogP contribution in [-0.2, 0) is 26.9 Å². The van der Waals surface area contributed by atoms with Crippen molar-refractivity contribution in [2.24, 2.45) is 0 Å². The molecule has 0 spiro atoms. The molecule has 0 radical (unpaired) electrons. The van der Waals surface area contributed by atoms with E-state index in [1.807, 2.05) is 13.0 Å². The molecule has 2 aromatic heterocycles. The lowest BCUT2D eigenvalue weighted by Gasteiger charge is -2.08. The predicted octanol–water partition coefficient (Wildman–Crippen LogP) is 1.90. The normalized spacial score (nSPS) is 11.5. The summed E-state index contributed by atoms with van der Waals surface area (Å²) in [5, 5.41) is 0. The molecule has 7 nitrogen and oxygen atoms in total. The molecule has 0 aliphatic heterocycles. The second-order valence-corrected chi connectivity index (χ2v) is 8.46. The number of sulfone groups is 1. The molecule has 3 rings (SSSR count). The molecule has 0 bridgehead atoms. The van der Waals surface area contributed by atoms with Gasteiger partial charge in [-0.3, -0.25) is 9.20 Å². The lowest BCUT2D eigenvalue weighted by atomic mass is 10.1. The monoisotopic (exact) mass is 386 g/mol. The minimum Gasteiger partial charge on any atom is -0.456 e. The van der Waals surface area contributed by atoms with Gasteiger partial charge in [0.2, 0.25) is 0 Å². The van der Waals surface area contributed by atoms with Gasteiger partial charge in [0.25, 0.3) is 5.56 Å². The molecule has 0 atom stereocenters. The van der Waals surface area contributed by atoms with E-state index < -0.39 is 15.8 Å². The Bertz CT molecular complexity index is 1180. The Balaban J connectivity index is 1.78. The van der Waals surface area contributed by atoms with Crippen LogP contribution in [0.3, 0.4) is 0 Å². The Morgan fingerprint density at radius 3 is 2.70 bits per heavy atom. The molecule has 1 aromatic carbocycles. The lowest BCUT2D eigenvalue weighted by Crippen LogP contribution is -2.17. The fourth-order valence-electron chi connectivity index (χ4n) is 2.70. The zero-order valence-electron chi connectivity index (χ0n) is 14.9. The van der Waals surface area contributed by atoms with E-state index in [1.54, 1.807) is 30.5 Å². The van der Waals surface area contributed by atoms with Gasteiger partial charge in [-0.2, -0.15) is 0 Å². The summed E-state index contributed by atoms with van der Waals surface area (Å²) in [7, 11) is -3.20. The van der Waals surface area contributed by atoms with Crippen LogP contribution in [0.5, 0.6) is 0 Å². The number of fused-ring (bicyclic) bond motifs is 1. The van der Waals surface area contributed by atoms with E-state index in [9.17, 15) is 18.0 Å². The standard InChI is InChI=1S/C19H18N2O5S/c1-13-5-4-8-21-17(22)10-16(20-18(13)21)11-26-19(23)15-7-3-6-14(9-15)12-27(2,24)25/h3-10H,11-12H2,1-2H3. The molecule has 27 heavy (non-hydrogen) atoms. The summed E-state index contributed by atoms with van der Waals surface area (Å²) < 4.78 is 29.5. The Kier molecular flexibility index (Phi) is 5.09. The highest BCUT2D eigenvalue weighted by atomic mass is 32.2. The third kappa shape index (κ3) is 4.59. The van der Waals surface area contributed by atoms with E-state index in [1.165, 1.54) is 16.5 Å². The van der Waals surface area contributed by atoms with Crippen LogP contribution >= 0.6 is 0 Å². The van der Waals surface area contributed by atoms with Gasteiger partial charge in [-0.25, -0.2) is 18.2 Å². The highest BCUT2D eigenvalue weighted by Gasteiger charge is 2.12. The van der Waals surface area contributed by atoms with Gasteiger partial charge in [-0.15, -0.1) is 0 Å².